The second-order valence-electron chi connectivity index (χ2n) is 6.15. The minimum atomic E-state index is -0.337. The number of hydrogen-bond acceptors (Lipinski definition) is 3. The number of carbonyl (C=O) groups is 1. The predicted octanol–water partition coefficient (Wildman–Crippen LogP) is 5.74. The van der Waals surface area contributed by atoms with Gasteiger partial charge in [-0.25, -0.2) is 0 Å². The molecule has 0 saturated heterocycles. The highest BCUT2D eigenvalue weighted by Gasteiger charge is 2.10. The minimum Gasteiger partial charge on any atom is -0.493 e. The zero-order valence-electron chi connectivity index (χ0n) is 15.3. The van der Waals surface area contributed by atoms with Crippen molar-refractivity contribution in [1.82, 2.24) is 5.32 Å². The first-order valence-electron chi connectivity index (χ1n) is 8.85. The third kappa shape index (κ3) is 6.46. The van der Waals surface area contributed by atoms with E-state index >= 15 is 0 Å². The van der Waals surface area contributed by atoms with Crippen LogP contribution in [0.3, 0.4) is 0 Å². The highest BCUT2D eigenvalue weighted by Crippen LogP contribution is 2.25. The summed E-state index contributed by atoms with van der Waals surface area (Å²) in [7, 11) is 0. The van der Waals surface area contributed by atoms with Crippen LogP contribution in [-0.2, 0) is 6.42 Å². The number of anilines is 1. The fraction of sp³-hybridized carbons (Fsp3) is 0.0909. The lowest BCUT2D eigenvalue weighted by Gasteiger charge is -2.11. The number of benzene rings is 3. The van der Waals surface area contributed by atoms with E-state index in [0.29, 0.717) is 33.7 Å². The first-order chi connectivity index (χ1) is 14.0. The van der Waals surface area contributed by atoms with Gasteiger partial charge in [0.25, 0.3) is 5.91 Å². The molecule has 3 rings (SSSR count). The van der Waals surface area contributed by atoms with Crippen molar-refractivity contribution in [2.75, 3.05) is 11.9 Å². The Morgan fingerprint density at radius 2 is 1.72 bits per heavy atom. The van der Waals surface area contributed by atoms with Gasteiger partial charge in [-0.3, -0.25) is 10.1 Å². The maximum absolute atomic E-state index is 12.5. The molecule has 0 fully saturated rings. The lowest BCUT2D eigenvalue weighted by molar-refractivity contribution is 0.0977. The average Bonchev–Trinajstić information content (AvgIpc) is 2.72. The largest absolute Gasteiger partial charge is 0.493 e. The number of carbonyl (C=O) groups excluding carboxylic acids is 1. The second kappa shape index (κ2) is 10.3. The lowest BCUT2D eigenvalue weighted by Crippen LogP contribution is -2.34. The Morgan fingerprint density at radius 3 is 2.48 bits per heavy atom. The van der Waals surface area contributed by atoms with Crippen molar-refractivity contribution in [3.63, 3.8) is 0 Å². The molecule has 0 aliphatic rings. The highest BCUT2D eigenvalue weighted by atomic mass is 35.5. The van der Waals surface area contributed by atoms with Crippen LogP contribution in [0.1, 0.15) is 15.9 Å². The molecule has 2 N–H and O–H groups in total. The number of halogens is 2. The van der Waals surface area contributed by atoms with Crippen LogP contribution < -0.4 is 15.4 Å². The Hall–Kier alpha value is -2.60. The van der Waals surface area contributed by atoms with E-state index in [4.69, 9.17) is 40.2 Å². The summed E-state index contributed by atoms with van der Waals surface area (Å²) in [6.07, 6.45) is 0.787. The van der Waals surface area contributed by atoms with Crippen molar-refractivity contribution >= 4 is 52.1 Å². The number of hydrogen-bond donors (Lipinski definition) is 2. The third-order valence-corrected chi connectivity index (χ3v) is 4.95. The molecule has 0 radical (unpaired) electrons. The molecule has 0 aromatic heterocycles. The second-order valence-corrected chi connectivity index (χ2v) is 7.37. The van der Waals surface area contributed by atoms with Gasteiger partial charge < -0.3 is 10.1 Å². The van der Waals surface area contributed by atoms with E-state index in [1.54, 1.807) is 36.4 Å². The molecule has 0 aliphatic carbocycles. The van der Waals surface area contributed by atoms with Crippen LogP contribution in [-0.4, -0.2) is 17.6 Å². The molecule has 0 saturated carbocycles. The zero-order valence-corrected chi connectivity index (χ0v) is 17.7. The van der Waals surface area contributed by atoms with Crippen LogP contribution in [0, 0.1) is 0 Å². The number of rotatable bonds is 6. The topological polar surface area (TPSA) is 50.4 Å². The van der Waals surface area contributed by atoms with E-state index in [2.05, 4.69) is 22.8 Å². The van der Waals surface area contributed by atoms with Crippen LogP contribution >= 0.6 is 35.4 Å². The molecule has 1 amide bonds. The highest BCUT2D eigenvalue weighted by molar-refractivity contribution is 7.80. The first-order valence-corrected chi connectivity index (χ1v) is 10.0. The number of thiocarbonyl (C=S) groups is 1. The molecule has 3 aromatic carbocycles. The van der Waals surface area contributed by atoms with Crippen LogP contribution in [0.4, 0.5) is 5.69 Å². The van der Waals surface area contributed by atoms with Crippen molar-refractivity contribution < 1.29 is 9.53 Å². The van der Waals surface area contributed by atoms with E-state index in [1.807, 2.05) is 24.3 Å². The van der Waals surface area contributed by atoms with Gasteiger partial charge in [0.1, 0.15) is 5.75 Å². The molecular formula is C22H18Cl2N2O2S. The smallest absolute Gasteiger partial charge is 0.257 e. The average molecular weight is 445 g/mol. The maximum Gasteiger partial charge on any atom is 0.257 e. The quantitative estimate of drug-likeness (QED) is 0.475. The monoisotopic (exact) mass is 444 g/mol. The molecule has 0 aliphatic heterocycles. The van der Waals surface area contributed by atoms with Gasteiger partial charge in [0, 0.05) is 17.7 Å². The number of nitrogens with one attached hydrogen (secondary N) is 2. The van der Waals surface area contributed by atoms with Crippen LogP contribution in [0.25, 0.3) is 0 Å². The van der Waals surface area contributed by atoms with Crippen LogP contribution in [0.15, 0.2) is 72.8 Å². The summed E-state index contributed by atoms with van der Waals surface area (Å²) >= 11 is 17.1. The van der Waals surface area contributed by atoms with Crippen molar-refractivity contribution in [3.8, 4) is 5.75 Å². The van der Waals surface area contributed by atoms with E-state index < -0.39 is 0 Å². The zero-order chi connectivity index (χ0) is 20.6. The lowest BCUT2D eigenvalue weighted by atomic mass is 10.2. The van der Waals surface area contributed by atoms with Gasteiger partial charge in [-0.05, 0) is 54.2 Å². The van der Waals surface area contributed by atoms with Gasteiger partial charge in [-0.2, -0.15) is 0 Å². The van der Waals surface area contributed by atoms with Crippen molar-refractivity contribution in [2.24, 2.45) is 0 Å². The van der Waals surface area contributed by atoms with Gasteiger partial charge in [0.15, 0.2) is 5.11 Å². The summed E-state index contributed by atoms with van der Waals surface area (Å²) in [5.74, 6) is 0.285. The Balaban J connectivity index is 1.54. The van der Waals surface area contributed by atoms with E-state index in [9.17, 15) is 4.79 Å². The fourth-order valence-corrected chi connectivity index (χ4v) is 3.08. The SMILES string of the molecule is O=C(NC(=S)Nc1ccc(Cl)c(Cl)c1)c1cccc(OCCc2ccccc2)c1. The van der Waals surface area contributed by atoms with Crippen molar-refractivity contribution in [2.45, 2.75) is 6.42 Å². The number of ether oxygens (including phenoxy) is 1. The Bertz CT molecular complexity index is 1010. The molecule has 4 nitrogen and oxygen atoms in total. The molecule has 0 bridgehead atoms. The van der Waals surface area contributed by atoms with Gasteiger partial charge in [-0.1, -0.05) is 59.6 Å². The van der Waals surface area contributed by atoms with Crippen molar-refractivity contribution in [3.05, 3.63) is 94.0 Å². The standard InChI is InChI=1S/C22H18Cl2N2O2S/c23-19-10-9-17(14-20(19)24)25-22(29)26-21(27)16-7-4-8-18(13-16)28-12-11-15-5-2-1-3-6-15/h1-10,13-14H,11-12H2,(H2,25,26,27,29). The van der Waals surface area contributed by atoms with Gasteiger partial charge >= 0.3 is 0 Å². The molecule has 29 heavy (non-hydrogen) atoms. The van der Waals surface area contributed by atoms with Crippen LogP contribution in [0.2, 0.25) is 10.0 Å². The molecule has 0 atom stereocenters. The molecule has 0 unspecified atom stereocenters. The Morgan fingerprint density at radius 1 is 0.931 bits per heavy atom. The van der Waals surface area contributed by atoms with Crippen LogP contribution in [0.5, 0.6) is 5.75 Å². The van der Waals surface area contributed by atoms with Gasteiger partial charge in [0.05, 0.1) is 16.7 Å². The summed E-state index contributed by atoms with van der Waals surface area (Å²) in [5.41, 5.74) is 2.27. The van der Waals surface area contributed by atoms with E-state index in [0.717, 1.165) is 6.42 Å². The summed E-state index contributed by atoms with van der Waals surface area (Å²) in [6, 6.07) is 22.0. The summed E-state index contributed by atoms with van der Waals surface area (Å²) < 4.78 is 5.77. The minimum absolute atomic E-state index is 0.156. The van der Waals surface area contributed by atoms with Crippen molar-refractivity contribution in [1.29, 1.82) is 0 Å². The van der Waals surface area contributed by atoms with E-state index in [1.165, 1.54) is 5.56 Å². The fourth-order valence-electron chi connectivity index (χ4n) is 2.57. The van der Waals surface area contributed by atoms with Gasteiger partial charge in [0.2, 0.25) is 0 Å². The molecule has 148 valence electrons. The summed E-state index contributed by atoms with van der Waals surface area (Å²) in [5, 5.41) is 6.53. The van der Waals surface area contributed by atoms with Gasteiger partial charge in [-0.15, -0.1) is 0 Å². The predicted molar refractivity (Wildman–Crippen MR) is 122 cm³/mol. The Labute approximate surface area is 184 Å². The molecular weight excluding hydrogens is 427 g/mol. The summed E-state index contributed by atoms with van der Waals surface area (Å²) in [4.78, 5) is 12.5. The number of amides is 1. The van der Waals surface area contributed by atoms with E-state index in [-0.39, 0.29) is 11.0 Å². The normalized spacial score (nSPS) is 10.3. The molecule has 7 heteroatoms. The molecule has 3 aromatic rings. The first kappa shape index (κ1) is 21.1. The molecule has 0 spiro atoms. The third-order valence-electron chi connectivity index (χ3n) is 4.00. The Kier molecular flexibility index (Phi) is 7.47. The molecule has 0 heterocycles. The summed E-state index contributed by atoms with van der Waals surface area (Å²) in [6.45, 7) is 0.520. The maximum atomic E-state index is 12.5.